The van der Waals surface area contributed by atoms with Crippen LogP contribution in [0.15, 0.2) is 10.9 Å². The first-order chi connectivity index (χ1) is 5.79. The number of nitrogens with one attached hydrogen (secondary N) is 1. The fraction of sp³-hybridized carbons (Fsp3) is 0.625. The second-order valence-electron chi connectivity index (χ2n) is 2.91. The van der Waals surface area contributed by atoms with E-state index in [1.807, 2.05) is 12.4 Å². The molecule has 0 bridgehead atoms. The lowest BCUT2D eigenvalue weighted by atomic mass is 10.3. The molecule has 3 N–H and O–H groups in total. The molecule has 0 fully saturated rings. The maximum Gasteiger partial charge on any atom is 0.0794 e. The SMILES string of the molecule is CC(N)CNCCc1cscn1. The number of rotatable bonds is 5. The Bertz CT molecular complexity index is 196. The van der Waals surface area contributed by atoms with Gasteiger partial charge in [-0.3, -0.25) is 0 Å². The van der Waals surface area contributed by atoms with Crippen LogP contribution in [0.1, 0.15) is 12.6 Å². The average molecular weight is 185 g/mol. The van der Waals surface area contributed by atoms with Crippen LogP contribution < -0.4 is 11.1 Å². The van der Waals surface area contributed by atoms with E-state index >= 15 is 0 Å². The second kappa shape index (κ2) is 5.24. The van der Waals surface area contributed by atoms with Crippen molar-refractivity contribution in [3.8, 4) is 0 Å². The van der Waals surface area contributed by atoms with Crippen LogP contribution in [0.5, 0.6) is 0 Å². The molecule has 1 aromatic rings. The van der Waals surface area contributed by atoms with Gasteiger partial charge in [-0.1, -0.05) is 0 Å². The molecule has 1 aromatic heterocycles. The van der Waals surface area contributed by atoms with Crippen molar-refractivity contribution in [1.82, 2.24) is 10.3 Å². The summed E-state index contributed by atoms with van der Waals surface area (Å²) in [6.07, 6.45) is 0.996. The highest BCUT2D eigenvalue weighted by atomic mass is 32.1. The minimum absolute atomic E-state index is 0.237. The summed E-state index contributed by atoms with van der Waals surface area (Å²) in [6, 6.07) is 0.237. The Hall–Kier alpha value is -0.450. The first kappa shape index (κ1) is 9.64. The fourth-order valence-electron chi connectivity index (χ4n) is 0.907. The van der Waals surface area contributed by atoms with E-state index in [0.717, 1.165) is 25.2 Å². The predicted octanol–water partition coefficient (Wildman–Crippen LogP) is 0.622. The van der Waals surface area contributed by atoms with Gasteiger partial charge in [0.25, 0.3) is 0 Å². The third-order valence-electron chi connectivity index (χ3n) is 1.51. The molecule has 0 radical (unpaired) electrons. The van der Waals surface area contributed by atoms with Crippen molar-refractivity contribution in [1.29, 1.82) is 0 Å². The minimum atomic E-state index is 0.237. The summed E-state index contributed by atoms with van der Waals surface area (Å²) >= 11 is 1.64. The standard InChI is InChI=1S/C8H15N3S/c1-7(9)4-10-3-2-8-5-12-6-11-8/h5-7,10H,2-4,9H2,1H3. The summed E-state index contributed by atoms with van der Waals surface area (Å²) in [5, 5.41) is 5.34. The Labute approximate surface area is 77.0 Å². The Morgan fingerprint density at radius 3 is 3.17 bits per heavy atom. The molecule has 0 saturated carbocycles. The molecule has 0 spiro atoms. The predicted molar refractivity (Wildman–Crippen MR) is 52.3 cm³/mol. The maximum atomic E-state index is 5.58. The summed E-state index contributed by atoms with van der Waals surface area (Å²) in [7, 11) is 0. The second-order valence-corrected chi connectivity index (χ2v) is 3.63. The van der Waals surface area contributed by atoms with Crippen LogP contribution in [0, 0.1) is 0 Å². The van der Waals surface area contributed by atoms with Gasteiger partial charge in [-0.25, -0.2) is 4.98 Å². The minimum Gasteiger partial charge on any atom is -0.327 e. The monoisotopic (exact) mass is 185 g/mol. The van der Waals surface area contributed by atoms with Crippen molar-refractivity contribution < 1.29 is 0 Å². The molecular weight excluding hydrogens is 170 g/mol. The largest absolute Gasteiger partial charge is 0.327 e. The van der Waals surface area contributed by atoms with E-state index in [1.54, 1.807) is 11.3 Å². The van der Waals surface area contributed by atoms with Gasteiger partial charge >= 0.3 is 0 Å². The van der Waals surface area contributed by atoms with Gasteiger partial charge in [-0.2, -0.15) is 0 Å². The van der Waals surface area contributed by atoms with Crippen LogP contribution in [0.25, 0.3) is 0 Å². The van der Waals surface area contributed by atoms with Crippen LogP contribution >= 0.6 is 11.3 Å². The van der Waals surface area contributed by atoms with Crippen molar-refractivity contribution >= 4 is 11.3 Å². The molecule has 0 aromatic carbocycles. The molecule has 0 amide bonds. The van der Waals surface area contributed by atoms with Gasteiger partial charge < -0.3 is 11.1 Å². The third-order valence-corrected chi connectivity index (χ3v) is 2.14. The lowest BCUT2D eigenvalue weighted by Crippen LogP contribution is -2.32. The number of thiazole rings is 1. The van der Waals surface area contributed by atoms with E-state index in [4.69, 9.17) is 5.73 Å². The highest BCUT2D eigenvalue weighted by Gasteiger charge is 1.95. The number of hydrogen-bond donors (Lipinski definition) is 2. The highest BCUT2D eigenvalue weighted by Crippen LogP contribution is 2.00. The summed E-state index contributed by atoms with van der Waals surface area (Å²) < 4.78 is 0. The zero-order valence-corrected chi connectivity index (χ0v) is 8.10. The van der Waals surface area contributed by atoms with Gasteiger partial charge in [-0.15, -0.1) is 11.3 Å². The Morgan fingerprint density at radius 2 is 2.58 bits per heavy atom. The molecule has 1 atom stereocenters. The van der Waals surface area contributed by atoms with Gasteiger partial charge in [0.05, 0.1) is 11.2 Å². The van der Waals surface area contributed by atoms with Crippen LogP contribution in [-0.4, -0.2) is 24.1 Å². The van der Waals surface area contributed by atoms with Crippen molar-refractivity contribution in [2.45, 2.75) is 19.4 Å². The summed E-state index contributed by atoms with van der Waals surface area (Å²) in [6.45, 7) is 3.84. The highest BCUT2D eigenvalue weighted by molar-refractivity contribution is 7.07. The molecule has 0 aliphatic heterocycles. The topological polar surface area (TPSA) is 50.9 Å². The van der Waals surface area contributed by atoms with Gasteiger partial charge in [0.1, 0.15) is 0 Å². The van der Waals surface area contributed by atoms with Crippen molar-refractivity contribution in [2.24, 2.45) is 5.73 Å². The first-order valence-corrected chi connectivity index (χ1v) is 5.06. The molecule has 0 aliphatic rings. The molecular formula is C8H15N3S. The van der Waals surface area contributed by atoms with Crippen LogP contribution in [0.3, 0.4) is 0 Å². The number of nitrogens with two attached hydrogens (primary N) is 1. The third kappa shape index (κ3) is 3.80. The molecule has 1 heterocycles. The van der Waals surface area contributed by atoms with Crippen LogP contribution in [0.4, 0.5) is 0 Å². The molecule has 1 rings (SSSR count). The van der Waals surface area contributed by atoms with E-state index in [1.165, 1.54) is 0 Å². The van der Waals surface area contributed by atoms with E-state index in [2.05, 4.69) is 15.7 Å². The molecule has 68 valence electrons. The molecule has 0 aliphatic carbocycles. The molecule has 3 nitrogen and oxygen atoms in total. The number of hydrogen-bond acceptors (Lipinski definition) is 4. The van der Waals surface area contributed by atoms with Gasteiger partial charge in [0.15, 0.2) is 0 Å². The Balaban J connectivity index is 2.04. The molecule has 0 saturated heterocycles. The van der Waals surface area contributed by atoms with Gasteiger partial charge in [-0.05, 0) is 6.92 Å². The fourth-order valence-corrected chi connectivity index (χ4v) is 1.50. The molecule has 1 unspecified atom stereocenters. The van der Waals surface area contributed by atoms with E-state index < -0.39 is 0 Å². The van der Waals surface area contributed by atoms with Crippen molar-refractivity contribution in [3.05, 3.63) is 16.6 Å². The van der Waals surface area contributed by atoms with E-state index in [-0.39, 0.29) is 6.04 Å². The van der Waals surface area contributed by atoms with Crippen LogP contribution in [0.2, 0.25) is 0 Å². The number of nitrogens with zero attached hydrogens (tertiary/aromatic N) is 1. The smallest absolute Gasteiger partial charge is 0.0794 e. The number of aromatic nitrogens is 1. The van der Waals surface area contributed by atoms with Crippen molar-refractivity contribution in [3.63, 3.8) is 0 Å². The van der Waals surface area contributed by atoms with E-state index in [0.29, 0.717) is 0 Å². The average Bonchev–Trinajstić information content (AvgIpc) is 2.49. The van der Waals surface area contributed by atoms with E-state index in [9.17, 15) is 0 Å². The molecule has 12 heavy (non-hydrogen) atoms. The lowest BCUT2D eigenvalue weighted by molar-refractivity contribution is 0.606. The summed E-state index contributed by atoms with van der Waals surface area (Å²) in [4.78, 5) is 4.18. The van der Waals surface area contributed by atoms with Gasteiger partial charge in [0.2, 0.25) is 0 Å². The first-order valence-electron chi connectivity index (χ1n) is 4.12. The molecule has 4 heteroatoms. The zero-order valence-electron chi connectivity index (χ0n) is 7.29. The Morgan fingerprint density at radius 1 is 1.75 bits per heavy atom. The quantitative estimate of drug-likeness (QED) is 0.661. The summed E-state index contributed by atoms with van der Waals surface area (Å²) in [5.41, 5.74) is 8.60. The zero-order chi connectivity index (χ0) is 8.81. The Kier molecular flexibility index (Phi) is 4.21. The lowest BCUT2D eigenvalue weighted by Gasteiger charge is -2.05. The summed E-state index contributed by atoms with van der Waals surface area (Å²) in [5.74, 6) is 0. The van der Waals surface area contributed by atoms with Crippen molar-refractivity contribution in [2.75, 3.05) is 13.1 Å². The maximum absolute atomic E-state index is 5.58. The van der Waals surface area contributed by atoms with Crippen LogP contribution in [-0.2, 0) is 6.42 Å². The van der Waals surface area contributed by atoms with Gasteiger partial charge in [0, 0.05) is 30.9 Å². The normalized spacial score (nSPS) is 13.2.